The van der Waals surface area contributed by atoms with Crippen molar-refractivity contribution in [1.82, 2.24) is 0 Å². The average molecular weight is 841 g/mol. The molecular weight excluding hydrogens is 789 g/mol. The molecule has 310 valence electrons. The van der Waals surface area contributed by atoms with Crippen LogP contribution in [0.25, 0.3) is 0 Å². The van der Waals surface area contributed by atoms with Crippen molar-refractivity contribution in [3.05, 3.63) is 0 Å². The summed E-state index contributed by atoms with van der Waals surface area (Å²) < 4.78 is 64.5. The maximum absolute atomic E-state index is 12.9. The van der Waals surface area contributed by atoms with Crippen LogP contribution in [-0.2, 0) is 50.9 Å². The second kappa shape index (κ2) is 27.1. The predicted octanol–water partition coefficient (Wildman–Crippen LogP) is 3.15. The summed E-state index contributed by atoms with van der Waals surface area (Å²) in [5.74, 6) is 13.3. The number of phosphoric acid groups is 3. The second-order valence-electron chi connectivity index (χ2n) is 12.4. The van der Waals surface area contributed by atoms with Gasteiger partial charge in [-0.3, -0.25) is 22.9 Å². The normalized spacial score (nSPS) is 21.2. The van der Waals surface area contributed by atoms with E-state index < -0.39 is 91.7 Å². The predicted molar refractivity (Wildman–Crippen MR) is 194 cm³/mol. The Morgan fingerprint density at radius 2 is 1.22 bits per heavy atom. The van der Waals surface area contributed by atoms with E-state index in [1.165, 1.54) is 44.9 Å². The van der Waals surface area contributed by atoms with Crippen LogP contribution in [0.5, 0.6) is 0 Å². The van der Waals surface area contributed by atoms with Crippen molar-refractivity contribution >= 4 is 35.4 Å². The number of hydrogen-bond acceptors (Lipinski definition) is 13. The fraction of sp³-hybridized carbons (Fsp3) is 0.706. The lowest BCUT2D eigenvalue weighted by molar-refractivity contribution is -0.167. The second-order valence-corrected chi connectivity index (χ2v) is 16.2. The van der Waals surface area contributed by atoms with Crippen LogP contribution in [0.15, 0.2) is 0 Å². The molecule has 0 spiro atoms. The van der Waals surface area contributed by atoms with Crippen LogP contribution in [0.4, 0.5) is 0 Å². The molecule has 0 bridgehead atoms. The third kappa shape index (κ3) is 25.3. The first-order chi connectivity index (χ1) is 25.9. The first-order valence-corrected chi connectivity index (χ1v) is 22.3. The van der Waals surface area contributed by atoms with Gasteiger partial charge in [-0.1, -0.05) is 84.0 Å². The van der Waals surface area contributed by atoms with E-state index in [4.69, 9.17) is 34.7 Å². The minimum atomic E-state index is -5.51. The van der Waals surface area contributed by atoms with Gasteiger partial charge in [0, 0.05) is 18.8 Å². The molecule has 7 atom stereocenters. The van der Waals surface area contributed by atoms with Crippen LogP contribution >= 0.6 is 23.5 Å². The van der Waals surface area contributed by atoms with Crippen LogP contribution in [-0.4, -0.2) is 96.5 Å². The standard InChI is InChI=1S/C34H51O18P3/c1-3-5-7-9-11-12-13-14-15-16-17-19-21-23-31(37)49-27(25-47-30(36)22-20-18-10-8-6-4-2)26-48-55(45,46)50-29-24-28(35)33(51-53(39,40)41)34(32(29)38)52-54(42,43)44/h2,27-29,32-35,38H,3,5,7,9,11-17,19,21,23-26H2,1H3,(H,45,46)(H2,39,40,41)(H2,42,43,44)/t27-,28?,29?,32?,33-,34+/m1/s1. The molecule has 0 aromatic heterocycles. The number of phosphoric ester groups is 3. The highest BCUT2D eigenvalue weighted by atomic mass is 31.2. The zero-order chi connectivity index (χ0) is 41.3. The Bertz CT molecular complexity index is 1570. The summed E-state index contributed by atoms with van der Waals surface area (Å²) in [6.45, 7) is 0.542. The van der Waals surface area contributed by atoms with E-state index in [0.29, 0.717) is 6.42 Å². The minimum Gasteiger partial charge on any atom is -0.456 e. The van der Waals surface area contributed by atoms with Crippen LogP contribution in [0.3, 0.4) is 0 Å². The highest BCUT2D eigenvalue weighted by Gasteiger charge is 2.52. The lowest BCUT2D eigenvalue weighted by Gasteiger charge is -2.41. The Balaban J connectivity index is 2.83. The molecule has 1 rings (SSSR count). The highest BCUT2D eigenvalue weighted by Crippen LogP contribution is 2.51. The molecule has 0 radical (unpaired) electrons. The van der Waals surface area contributed by atoms with E-state index in [2.05, 4.69) is 45.6 Å². The first-order valence-electron chi connectivity index (χ1n) is 17.7. The van der Waals surface area contributed by atoms with E-state index >= 15 is 0 Å². The zero-order valence-corrected chi connectivity index (χ0v) is 33.2. The van der Waals surface area contributed by atoms with Crippen molar-refractivity contribution in [1.29, 1.82) is 0 Å². The lowest BCUT2D eigenvalue weighted by Crippen LogP contribution is -2.57. The van der Waals surface area contributed by atoms with Gasteiger partial charge in [-0.15, -0.1) is 6.42 Å². The molecule has 55 heavy (non-hydrogen) atoms. The summed E-state index contributed by atoms with van der Waals surface area (Å²) in [5, 5.41) is 21.0. The molecule has 0 amide bonds. The van der Waals surface area contributed by atoms with Crippen molar-refractivity contribution in [3.8, 4) is 47.9 Å². The molecule has 0 aliphatic heterocycles. The van der Waals surface area contributed by atoms with Gasteiger partial charge < -0.3 is 44.2 Å². The Hall–Kier alpha value is -2.57. The minimum absolute atomic E-state index is 0.0332. The summed E-state index contributed by atoms with van der Waals surface area (Å²) in [6, 6.07) is 0. The summed E-state index contributed by atoms with van der Waals surface area (Å²) in [4.78, 5) is 71.9. The quantitative estimate of drug-likeness (QED) is 0.0216. The van der Waals surface area contributed by atoms with Gasteiger partial charge >= 0.3 is 35.4 Å². The Kier molecular flexibility index (Phi) is 24.9. The molecule has 1 aliphatic rings. The molecule has 1 fully saturated rings. The van der Waals surface area contributed by atoms with Gasteiger partial charge in [-0.2, -0.15) is 0 Å². The molecule has 1 saturated carbocycles. The number of aliphatic hydroxyl groups excluding tert-OH is 2. The third-order valence-electron chi connectivity index (χ3n) is 7.77. The number of hydrogen-bond donors (Lipinski definition) is 7. The summed E-state index contributed by atoms with van der Waals surface area (Å²) in [5.41, 5.74) is 0. The van der Waals surface area contributed by atoms with Gasteiger partial charge in [-0.25, -0.2) is 18.5 Å². The smallest absolute Gasteiger partial charge is 0.456 e. The monoisotopic (exact) mass is 840 g/mol. The van der Waals surface area contributed by atoms with Crippen LogP contribution in [0.2, 0.25) is 0 Å². The molecule has 7 N–H and O–H groups in total. The van der Waals surface area contributed by atoms with Gasteiger partial charge in [0.2, 0.25) is 0 Å². The van der Waals surface area contributed by atoms with Gasteiger partial charge in [0.25, 0.3) is 0 Å². The summed E-state index contributed by atoms with van der Waals surface area (Å²) in [6.07, 6.45) is 5.72. The Morgan fingerprint density at radius 3 is 1.76 bits per heavy atom. The molecule has 0 aromatic carbocycles. The van der Waals surface area contributed by atoms with Crippen molar-refractivity contribution in [3.63, 3.8) is 0 Å². The molecule has 0 heterocycles. The SMILES string of the molecule is C#CC#CC#CC#CC(=O)OC[C@H](COP(=O)(O)OC1CC(O)[C@@H](OP(=O)(O)O)[C@@H](OP(=O)(O)O)C1O)OC(=O)CCCCCCCCCCCCCCC. The van der Waals surface area contributed by atoms with Crippen LogP contribution in [0, 0.1) is 47.9 Å². The molecule has 0 aromatic rings. The molecule has 18 nitrogen and oxygen atoms in total. The van der Waals surface area contributed by atoms with Crippen molar-refractivity contribution in [2.45, 2.75) is 140 Å². The van der Waals surface area contributed by atoms with E-state index in [-0.39, 0.29) is 6.42 Å². The van der Waals surface area contributed by atoms with Gasteiger partial charge in [0.05, 0.1) is 12.7 Å². The van der Waals surface area contributed by atoms with Crippen LogP contribution in [0.1, 0.15) is 103 Å². The fourth-order valence-corrected chi connectivity index (χ4v) is 7.36. The molecule has 1 aliphatic carbocycles. The Morgan fingerprint density at radius 1 is 0.709 bits per heavy atom. The topological polar surface area (TPSA) is 282 Å². The molecule has 4 unspecified atom stereocenters. The van der Waals surface area contributed by atoms with E-state index in [0.717, 1.165) is 32.1 Å². The first kappa shape index (κ1) is 50.4. The maximum Gasteiger partial charge on any atom is 0.472 e. The number of aliphatic hydroxyl groups is 2. The van der Waals surface area contributed by atoms with Crippen molar-refractivity contribution in [2.75, 3.05) is 13.2 Å². The molecule has 0 saturated heterocycles. The molecule has 21 heteroatoms. The maximum atomic E-state index is 12.9. The largest absolute Gasteiger partial charge is 0.472 e. The number of carbonyl (C=O) groups excluding carboxylic acids is 2. The van der Waals surface area contributed by atoms with Gasteiger partial charge in [0.15, 0.2) is 6.10 Å². The number of terminal acetylenes is 1. The fourth-order valence-electron chi connectivity index (χ4n) is 5.26. The lowest BCUT2D eigenvalue weighted by atomic mass is 9.87. The highest BCUT2D eigenvalue weighted by molar-refractivity contribution is 7.47. The van der Waals surface area contributed by atoms with Gasteiger partial charge in [0.1, 0.15) is 31.0 Å². The number of unbranched alkanes of at least 4 members (excludes halogenated alkanes) is 12. The molecular formula is C34H51O18P3. The number of esters is 2. The summed E-state index contributed by atoms with van der Waals surface area (Å²) >= 11 is 0. The zero-order valence-electron chi connectivity index (χ0n) is 30.5. The number of rotatable bonds is 26. The average Bonchev–Trinajstić information content (AvgIpc) is 3.08. The van der Waals surface area contributed by atoms with Gasteiger partial charge in [-0.05, 0) is 41.9 Å². The van der Waals surface area contributed by atoms with E-state index in [1.54, 1.807) is 0 Å². The Labute approximate surface area is 321 Å². The third-order valence-corrected chi connectivity index (χ3v) is 9.82. The van der Waals surface area contributed by atoms with E-state index in [1.807, 2.05) is 11.8 Å². The van der Waals surface area contributed by atoms with Crippen molar-refractivity contribution in [2.24, 2.45) is 0 Å². The number of carbonyl (C=O) groups is 2. The van der Waals surface area contributed by atoms with E-state index in [9.17, 15) is 48.2 Å². The summed E-state index contributed by atoms with van der Waals surface area (Å²) in [7, 11) is -16.2. The van der Waals surface area contributed by atoms with Crippen LogP contribution < -0.4 is 0 Å². The number of ether oxygens (including phenoxy) is 2. The van der Waals surface area contributed by atoms with Crippen molar-refractivity contribution < 1.29 is 85.5 Å².